The highest BCUT2D eigenvalue weighted by molar-refractivity contribution is 5.73. The lowest BCUT2D eigenvalue weighted by molar-refractivity contribution is 0.878. The average Bonchev–Trinajstić information content (AvgIpc) is 2.79. The van der Waals surface area contributed by atoms with E-state index in [0.29, 0.717) is 5.92 Å². The molecule has 0 unspecified atom stereocenters. The fourth-order valence-corrected chi connectivity index (χ4v) is 2.40. The summed E-state index contributed by atoms with van der Waals surface area (Å²) < 4.78 is 1.97. The Hall–Kier alpha value is -2.09. The van der Waals surface area contributed by atoms with Crippen LogP contribution in [0.15, 0.2) is 54.7 Å². The normalized spacial score (nSPS) is 11.3. The van der Waals surface area contributed by atoms with E-state index in [2.05, 4.69) is 50.2 Å². The molecule has 0 N–H and O–H groups in total. The van der Waals surface area contributed by atoms with Gasteiger partial charge in [-0.3, -0.25) is 0 Å². The molecule has 18 heavy (non-hydrogen) atoms. The topological polar surface area (TPSA) is 17.3 Å². The summed E-state index contributed by atoms with van der Waals surface area (Å²) in [6, 6.07) is 16.6. The predicted octanol–water partition coefficient (Wildman–Crippen LogP) is 4.12. The monoisotopic (exact) mass is 236 g/mol. The van der Waals surface area contributed by atoms with Crippen molar-refractivity contribution in [2.45, 2.75) is 19.8 Å². The molecule has 0 aliphatic heterocycles. The first-order chi connectivity index (χ1) is 8.77. The van der Waals surface area contributed by atoms with Crippen LogP contribution >= 0.6 is 0 Å². The molecule has 0 aliphatic carbocycles. The molecule has 0 radical (unpaired) electrons. The molecule has 1 aromatic carbocycles. The van der Waals surface area contributed by atoms with Crippen LogP contribution in [-0.2, 0) is 0 Å². The first kappa shape index (κ1) is 11.0. The zero-order valence-corrected chi connectivity index (χ0v) is 10.7. The van der Waals surface area contributed by atoms with E-state index < -0.39 is 0 Å². The van der Waals surface area contributed by atoms with Crippen molar-refractivity contribution < 1.29 is 0 Å². The Bertz CT molecular complexity index is 666. The van der Waals surface area contributed by atoms with Gasteiger partial charge in [0.05, 0.1) is 11.2 Å². The van der Waals surface area contributed by atoms with Crippen LogP contribution in [0.1, 0.15) is 25.3 Å². The first-order valence-electron chi connectivity index (χ1n) is 6.30. The van der Waals surface area contributed by atoms with Crippen LogP contribution in [-0.4, -0.2) is 9.61 Å². The molecule has 3 aromatic rings. The average molecular weight is 236 g/mol. The number of benzene rings is 1. The van der Waals surface area contributed by atoms with Crippen LogP contribution in [0.25, 0.3) is 16.8 Å². The third-order valence-corrected chi connectivity index (χ3v) is 3.20. The van der Waals surface area contributed by atoms with Crippen LogP contribution in [0.5, 0.6) is 0 Å². The summed E-state index contributed by atoms with van der Waals surface area (Å²) in [5.74, 6) is 0.458. The summed E-state index contributed by atoms with van der Waals surface area (Å²) in [5, 5.41) is 4.72. The lowest BCUT2D eigenvalue weighted by Gasteiger charge is -2.06. The fourth-order valence-electron chi connectivity index (χ4n) is 2.40. The van der Waals surface area contributed by atoms with Gasteiger partial charge in [0.15, 0.2) is 0 Å². The number of fused-ring (bicyclic) bond motifs is 1. The zero-order chi connectivity index (χ0) is 12.5. The van der Waals surface area contributed by atoms with Gasteiger partial charge >= 0.3 is 0 Å². The van der Waals surface area contributed by atoms with E-state index in [1.807, 2.05) is 22.8 Å². The molecule has 0 saturated heterocycles. The highest BCUT2D eigenvalue weighted by atomic mass is 15.2. The molecule has 2 heteroatoms. The van der Waals surface area contributed by atoms with E-state index >= 15 is 0 Å². The van der Waals surface area contributed by atoms with E-state index in [9.17, 15) is 0 Å². The molecule has 0 aliphatic rings. The Morgan fingerprint density at radius 1 is 0.944 bits per heavy atom. The van der Waals surface area contributed by atoms with Gasteiger partial charge in [0, 0.05) is 17.3 Å². The smallest absolute Gasteiger partial charge is 0.0968 e. The second-order valence-electron chi connectivity index (χ2n) is 4.81. The van der Waals surface area contributed by atoms with Gasteiger partial charge in [-0.05, 0) is 18.1 Å². The van der Waals surface area contributed by atoms with Crippen molar-refractivity contribution in [3.63, 3.8) is 0 Å². The fraction of sp³-hybridized carbons (Fsp3) is 0.188. The number of aromatic nitrogens is 2. The number of rotatable bonds is 2. The molecule has 0 bridgehead atoms. The minimum absolute atomic E-state index is 0.458. The van der Waals surface area contributed by atoms with E-state index in [1.165, 1.54) is 16.6 Å². The van der Waals surface area contributed by atoms with Crippen molar-refractivity contribution in [2.75, 3.05) is 0 Å². The van der Waals surface area contributed by atoms with Gasteiger partial charge in [-0.15, -0.1) is 0 Å². The first-order valence-corrected chi connectivity index (χ1v) is 6.30. The van der Waals surface area contributed by atoms with Gasteiger partial charge in [0.2, 0.25) is 0 Å². The minimum atomic E-state index is 0.458. The van der Waals surface area contributed by atoms with Gasteiger partial charge in [0.25, 0.3) is 0 Å². The molecule has 3 rings (SSSR count). The molecule has 2 heterocycles. The summed E-state index contributed by atoms with van der Waals surface area (Å²) in [4.78, 5) is 0. The quantitative estimate of drug-likeness (QED) is 0.654. The Morgan fingerprint density at radius 2 is 1.67 bits per heavy atom. The summed E-state index contributed by atoms with van der Waals surface area (Å²) >= 11 is 0. The molecule has 0 atom stereocenters. The molecule has 90 valence electrons. The highest BCUT2D eigenvalue weighted by Gasteiger charge is 2.16. The van der Waals surface area contributed by atoms with Crippen molar-refractivity contribution in [1.82, 2.24) is 9.61 Å². The summed E-state index contributed by atoms with van der Waals surface area (Å²) in [5.41, 5.74) is 4.80. The SMILES string of the molecule is CC(C)c1c(-c2ccccc2)nn2ccccc12. The largest absolute Gasteiger partial charge is 0.240 e. The highest BCUT2D eigenvalue weighted by Crippen LogP contribution is 2.31. The van der Waals surface area contributed by atoms with Crippen molar-refractivity contribution >= 4 is 5.52 Å². The Labute approximate surface area is 107 Å². The van der Waals surface area contributed by atoms with Crippen LogP contribution < -0.4 is 0 Å². The molecule has 2 nitrogen and oxygen atoms in total. The van der Waals surface area contributed by atoms with Crippen LogP contribution in [0, 0.1) is 0 Å². The molecule has 0 amide bonds. The summed E-state index contributed by atoms with van der Waals surface area (Å²) in [6.45, 7) is 4.44. The Kier molecular flexibility index (Phi) is 2.63. The molecular formula is C16H16N2. The Balaban J connectivity index is 2.32. The minimum Gasteiger partial charge on any atom is -0.240 e. The third-order valence-electron chi connectivity index (χ3n) is 3.20. The van der Waals surface area contributed by atoms with E-state index in [4.69, 9.17) is 5.10 Å². The van der Waals surface area contributed by atoms with Crippen molar-refractivity contribution in [3.8, 4) is 11.3 Å². The lowest BCUT2D eigenvalue weighted by Crippen LogP contribution is -1.89. The van der Waals surface area contributed by atoms with Crippen LogP contribution in [0.4, 0.5) is 0 Å². The molecule has 0 saturated carbocycles. The standard InChI is InChI=1S/C16H16N2/c1-12(2)15-14-10-6-7-11-18(14)17-16(15)13-8-4-3-5-9-13/h3-12H,1-2H3. The third kappa shape index (κ3) is 1.70. The molecule has 0 spiro atoms. The molecule has 0 fully saturated rings. The number of nitrogens with zero attached hydrogens (tertiary/aromatic N) is 2. The van der Waals surface area contributed by atoms with Crippen molar-refractivity contribution in [3.05, 3.63) is 60.3 Å². The van der Waals surface area contributed by atoms with Crippen LogP contribution in [0.3, 0.4) is 0 Å². The zero-order valence-electron chi connectivity index (χ0n) is 10.7. The maximum atomic E-state index is 4.72. The number of hydrogen-bond donors (Lipinski definition) is 0. The summed E-state index contributed by atoms with van der Waals surface area (Å²) in [6.07, 6.45) is 2.01. The summed E-state index contributed by atoms with van der Waals surface area (Å²) in [7, 11) is 0. The number of hydrogen-bond acceptors (Lipinski definition) is 1. The van der Waals surface area contributed by atoms with Crippen molar-refractivity contribution in [1.29, 1.82) is 0 Å². The van der Waals surface area contributed by atoms with E-state index in [0.717, 1.165) is 5.69 Å². The van der Waals surface area contributed by atoms with Gasteiger partial charge in [0.1, 0.15) is 0 Å². The second kappa shape index (κ2) is 4.30. The van der Waals surface area contributed by atoms with E-state index in [-0.39, 0.29) is 0 Å². The lowest BCUT2D eigenvalue weighted by atomic mass is 9.98. The number of pyridine rings is 1. The predicted molar refractivity (Wildman–Crippen MR) is 74.7 cm³/mol. The van der Waals surface area contributed by atoms with Crippen LogP contribution in [0.2, 0.25) is 0 Å². The van der Waals surface area contributed by atoms with Crippen molar-refractivity contribution in [2.24, 2.45) is 0 Å². The Morgan fingerprint density at radius 3 is 2.39 bits per heavy atom. The van der Waals surface area contributed by atoms with E-state index in [1.54, 1.807) is 0 Å². The molecule has 2 aromatic heterocycles. The van der Waals surface area contributed by atoms with Gasteiger partial charge in [-0.1, -0.05) is 50.2 Å². The second-order valence-corrected chi connectivity index (χ2v) is 4.81. The maximum Gasteiger partial charge on any atom is 0.0968 e. The van der Waals surface area contributed by atoms with Gasteiger partial charge in [-0.2, -0.15) is 5.10 Å². The van der Waals surface area contributed by atoms with Gasteiger partial charge < -0.3 is 0 Å². The molecular weight excluding hydrogens is 220 g/mol. The maximum absolute atomic E-state index is 4.72. The van der Waals surface area contributed by atoms with Gasteiger partial charge in [-0.25, -0.2) is 4.52 Å².